The Morgan fingerprint density at radius 3 is 2.48 bits per heavy atom. The molecule has 23 heavy (non-hydrogen) atoms. The van der Waals surface area contributed by atoms with Crippen LogP contribution in [0.4, 0.5) is 0 Å². The summed E-state index contributed by atoms with van der Waals surface area (Å²) < 4.78 is 24.8. The maximum absolute atomic E-state index is 12.4. The molecule has 0 radical (unpaired) electrons. The molecule has 8 nitrogen and oxygen atoms in total. The molecule has 0 aromatic heterocycles. The van der Waals surface area contributed by atoms with Crippen molar-refractivity contribution in [1.82, 2.24) is 10.6 Å². The molecule has 3 atom stereocenters. The van der Waals surface area contributed by atoms with Crippen molar-refractivity contribution in [3.05, 3.63) is 35.9 Å². The third-order valence-corrected chi connectivity index (χ3v) is 5.48. The number of β-amino-alcohol motifs (C(OH)–C–C–N with tert-alkyl or cyclic N) is 1. The van der Waals surface area contributed by atoms with E-state index < -0.39 is 44.8 Å². The second-order valence-electron chi connectivity index (χ2n) is 5.42. The summed E-state index contributed by atoms with van der Waals surface area (Å²) in [5.41, 5.74) is 5.58. The van der Waals surface area contributed by atoms with Gasteiger partial charge in [0.2, 0.25) is 17.1 Å². The van der Waals surface area contributed by atoms with Gasteiger partial charge in [-0.15, -0.1) is 0 Å². The van der Waals surface area contributed by atoms with Crippen LogP contribution < -0.4 is 16.4 Å². The highest BCUT2D eigenvalue weighted by atomic mass is 32.2. The number of sulfone groups is 1. The molecule has 0 bridgehead atoms. The lowest BCUT2D eigenvalue weighted by Crippen LogP contribution is -2.53. The van der Waals surface area contributed by atoms with Gasteiger partial charge < -0.3 is 21.5 Å². The first-order valence-electron chi connectivity index (χ1n) is 7.05. The van der Waals surface area contributed by atoms with Crippen LogP contribution >= 0.6 is 0 Å². The Hall–Kier alpha value is -1.97. The van der Waals surface area contributed by atoms with Gasteiger partial charge in [-0.05, 0) is 5.56 Å². The maximum atomic E-state index is 12.4. The third kappa shape index (κ3) is 4.27. The first-order valence-corrected chi connectivity index (χ1v) is 8.77. The van der Waals surface area contributed by atoms with E-state index in [1.165, 1.54) is 0 Å². The molecule has 2 rings (SSSR count). The predicted octanol–water partition coefficient (Wildman–Crippen LogP) is -2.10. The van der Waals surface area contributed by atoms with Gasteiger partial charge in [0.05, 0.1) is 17.9 Å². The molecular formula is C14H19N3O5S. The molecule has 0 spiro atoms. The number of carbonyl (C=O) groups is 2. The van der Waals surface area contributed by atoms with E-state index in [2.05, 4.69) is 10.6 Å². The van der Waals surface area contributed by atoms with Gasteiger partial charge in [0.1, 0.15) is 0 Å². The van der Waals surface area contributed by atoms with Crippen LogP contribution in [0.1, 0.15) is 5.56 Å². The van der Waals surface area contributed by atoms with Crippen LogP contribution in [0.25, 0.3) is 0 Å². The Morgan fingerprint density at radius 2 is 1.96 bits per heavy atom. The SMILES string of the molecule is NC(=O)C(C(=O)NC1CNCC1O)S(=O)(=O)Cc1ccccc1. The lowest BCUT2D eigenvalue weighted by molar-refractivity contribution is -0.127. The Balaban J connectivity index is 2.16. The van der Waals surface area contributed by atoms with Crippen molar-refractivity contribution in [2.75, 3.05) is 13.1 Å². The van der Waals surface area contributed by atoms with Crippen molar-refractivity contribution in [1.29, 1.82) is 0 Å². The molecule has 9 heteroatoms. The highest BCUT2D eigenvalue weighted by Gasteiger charge is 2.40. The monoisotopic (exact) mass is 341 g/mol. The van der Waals surface area contributed by atoms with Gasteiger partial charge in [0.15, 0.2) is 9.84 Å². The number of amides is 2. The van der Waals surface area contributed by atoms with Gasteiger partial charge in [0, 0.05) is 13.1 Å². The first kappa shape index (κ1) is 17.4. The van der Waals surface area contributed by atoms with Crippen LogP contribution in [0, 0.1) is 0 Å². The average Bonchev–Trinajstić information content (AvgIpc) is 2.84. The van der Waals surface area contributed by atoms with Gasteiger partial charge in [-0.25, -0.2) is 8.42 Å². The Labute approximate surface area is 134 Å². The molecule has 1 aliphatic heterocycles. The lowest BCUT2D eigenvalue weighted by Gasteiger charge is -2.19. The molecule has 1 heterocycles. The van der Waals surface area contributed by atoms with Crippen LogP contribution in [0.5, 0.6) is 0 Å². The normalized spacial score (nSPS) is 22.5. The second kappa shape index (κ2) is 7.07. The van der Waals surface area contributed by atoms with Gasteiger partial charge >= 0.3 is 0 Å². The fraction of sp³-hybridized carbons (Fsp3) is 0.429. The van der Waals surface area contributed by atoms with Gasteiger partial charge in [-0.2, -0.15) is 0 Å². The smallest absolute Gasteiger partial charge is 0.248 e. The molecule has 1 fully saturated rings. The molecule has 126 valence electrons. The number of aliphatic hydroxyl groups excluding tert-OH is 1. The molecule has 0 saturated carbocycles. The zero-order chi connectivity index (χ0) is 17.0. The predicted molar refractivity (Wildman–Crippen MR) is 82.9 cm³/mol. The molecule has 5 N–H and O–H groups in total. The number of nitrogens with two attached hydrogens (primary N) is 1. The number of primary amides is 1. The molecule has 1 saturated heterocycles. The average molecular weight is 341 g/mol. The van der Waals surface area contributed by atoms with Crippen LogP contribution in [0.3, 0.4) is 0 Å². The highest BCUT2D eigenvalue weighted by molar-refractivity contribution is 7.92. The molecular weight excluding hydrogens is 322 g/mol. The second-order valence-corrected chi connectivity index (χ2v) is 7.50. The van der Waals surface area contributed by atoms with E-state index in [0.717, 1.165) is 0 Å². The van der Waals surface area contributed by atoms with Crippen molar-refractivity contribution in [2.45, 2.75) is 23.1 Å². The summed E-state index contributed by atoms with van der Waals surface area (Å²) in [7, 11) is -4.12. The summed E-state index contributed by atoms with van der Waals surface area (Å²) in [6.45, 7) is 0.570. The van der Waals surface area contributed by atoms with Crippen molar-refractivity contribution in [3.8, 4) is 0 Å². The van der Waals surface area contributed by atoms with Crippen LogP contribution in [0.2, 0.25) is 0 Å². The van der Waals surface area contributed by atoms with Crippen LogP contribution in [0.15, 0.2) is 30.3 Å². The van der Waals surface area contributed by atoms with Crippen molar-refractivity contribution in [2.24, 2.45) is 5.73 Å². The standard InChI is InChI=1S/C14H19N3O5S/c15-13(19)12(14(20)17-10-6-16-7-11(10)18)23(21,22)8-9-4-2-1-3-5-9/h1-5,10-12,16,18H,6-8H2,(H2,15,19)(H,17,20). The van der Waals surface area contributed by atoms with E-state index >= 15 is 0 Å². The Kier molecular flexibility index (Phi) is 5.34. The molecule has 0 aliphatic carbocycles. The maximum Gasteiger partial charge on any atom is 0.248 e. The van der Waals surface area contributed by atoms with Crippen molar-refractivity contribution >= 4 is 21.7 Å². The number of aliphatic hydroxyl groups is 1. The topological polar surface area (TPSA) is 139 Å². The molecule has 2 amide bonds. The molecule has 1 aromatic carbocycles. The minimum absolute atomic E-state index is 0.281. The van der Waals surface area contributed by atoms with Crippen LogP contribution in [-0.2, 0) is 25.2 Å². The zero-order valence-corrected chi connectivity index (χ0v) is 13.1. The Morgan fingerprint density at radius 1 is 1.30 bits per heavy atom. The molecule has 1 aromatic rings. The number of carbonyl (C=O) groups excluding carboxylic acids is 2. The molecule has 3 unspecified atom stereocenters. The fourth-order valence-corrected chi connectivity index (χ4v) is 4.00. The van der Waals surface area contributed by atoms with Gasteiger partial charge in [-0.1, -0.05) is 30.3 Å². The summed E-state index contributed by atoms with van der Waals surface area (Å²) in [4.78, 5) is 23.7. The van der Waals surface area contributed by atoms with Gasteiger partial charge in [-0.3, -0.25) is 9.59 Å². The van der Waals surface area contributed by atoms with E-state index in [-0.39, 0.29) is 13.1 Å². The number of hydrogen-bond donors (Lipinski definition) is 4. The lowest BCUT2D eigenvalue weighted by atomic mass is 10.2. The quantitative estimate of drug-likeness (QED) is 0.437. The van der Waals surface area contributed by atoms with Crippen LogP contribution in [-0.4, -0.2) is 55.8 Å². The minimum Gasteiger partial charge on any atom is -0.390 e. The van der Waals surface area contributed by atoms with Gasteiger partial charge in [0.25, 0.3) is 0 Å². The largest absolute Gasteiger partial charge is 0.390 e. The van der Waals surface area contributed by atoms with E-state index in [0.29, 0.717) is 5.56 Å². The van der Waals surface area contributed by atoms with E-state index in [9.17, 15) is 23.1 Å². The van der Waals surface area contributed by atoms with Crippen molar-refractivity contribution < 1.29 is 23.1 Å². The number of rotatable bonds is 6. The summed E-state index contributed by atoms with van der Waals surface area (Å²) in [6, 6.07) is 7.55. The zero-order valence-electron chi connectivity index (χ0n) is 12.3. The number of nitrogens with one attached hydrogen (secondary N) is 2. The summed E-state index contributed by atoms with van der Waals surface area (Å²) in [5.74, 6) is -2.72. The summed E-state index contributed by atoms with van der Waals surface area (Å²) >= 11 is 0. The summed E-state index contributed by atoms with van der Waals surface area (Å²) in [5, 5.41) is 12.9. The summed E-state index contributed by atoms with van der Waals surface area (Å²) in [6.07, 6.45) is -0.843. The minimum atomic E-state index is -4.12. The number of benzene rings is 1. The highest BCUT2D eigenvalue weighted by Crippen LogP contribution is 2.12. The van der Waals surface area contributed by atoms with E-state index in [1.54, 1.807) is 30.3 Å². The molecule has 1 aliphatic rings. The van der Waals surface area contributed by atoms with E-state index in [1.807, 2.05) is 0 Å². The van der Waals surface area contributed by atoms with Crippen molar-refractivity contribution in [3.63, 3.8) is 0 Å². The number of hydrogen-bond acceptors (Lipinski definition) is 6. The van der Waals surface area contributed by atoms with E-state index in [4.69, 9.17) is 5.73 Å². The third-order valence-electron chi connectivity index (χ3n) is 3.58. The fourth-order valence-electron chi connectivity index (χ4n) is 2.43. The first-order chi connectivity index (χ1) is 10.8. The Bertz CT molecular complexity index is 677.